The Hall–Kier alpha value is -1.51. The van der Waals surface area contributed by atoms with Crippen molar-refractivity contribution in [3.63, 3.8) is 0 Å². The van der Waals surface area contributed by atoms with E-state index in [1.54, 1.807) is 0 Å². The zero-order chi connectivity index (χ0) is 10.1. The van der Waals surface area contributed by atoms with Crippen LogP contribution in [0.3, 0.4) is 0 Å². The van der Waals surface area contributed by atoms with Crippen LogP contribution in [0.15, 0.2) is 18.2 Å². The molecule has 1 aliphatic carbocycles. The molecule has 0 saturated heterocycles. The molecule has 0 spiro atoms. The summed E-state index contributed by atoms with van der Waals surface area (Å²) in [6, 6.07) is 5.82. The molecule has 1 atom stereocenters. The lowest BCUT2D eigenvalue weighted by molar-refractivity contribution is -0.145. The number of esters is 1. The number of rotatable bonds is 1. The zero-order valence-electron chi connectivity index (χ0n) is 8.12. The average Bonchev–Trinajstić information content (AvgIpc) is 2.62. The van der Waals surface area contributed by atoms with Crippen LogP contribution in [0, 0.1) is 5.92 Å². The summed E-state index contributed by atoms with van der Waals surface area (Å²) in [6.07, 6.45) is 1.47. The van der Waals surface area contributed by atoms with Gasteiger partial charge in [0.2, 0.25) is 0 Å². The van der Waals surface area contributed by atoms with Gasteiger partial charge in [0.1, 0.15) is 0 Å². The summed E-state index contributed by atoms with van der Waals surface area (Å²) in [5.74, 6) is -0.180. The van der Waals surface area contributed by atoms with Crippen LogP contribution in [-0.2, 0) is 22.4 Å². The highest BCUT2D eigenvalue weighted by atomic mass is 16.5. The normalized spacial score (nSPS) is 19.1. The summed E-state index contributed by atoms with van der Waals surface area (Å²) < 4.78 is 4.73. The molecule has 1 aromatic carbocycles. The molecule has 0 fully saturated rings. The van der Waals surface area contributed by atoms with Crippen LogP contribution in [0.4, 0.5) is 5.69 Å². The second-order valence-corrected chi connectivity index (χ2v) is 3.61. The van der Waals surface area contributed by atoms with Crippen molar-refractivity contribution in [2.45, 2.75) is 12.8 Å². The molecule has 0 radical (unpaired) electrons. The number of methoxy groups -OCH3 is 1. The maximum absolute atomic E-state index is 11.3. The van der Waals surface area contributed by atoms with Crippen molar-refractivity contribution in [2.24, 2.45) is 5.92 Å². The van der Waals surface area contributed by atoms with E-state index in [1.807, 2.05) is 18.2 Å². The van der Waals surface area contributed by atoms with Crippen molar-refractivity contribution in [3.05, 3.63) is 29.3 Å². The Morgan fingerprint density at radius 2 is 2.29 bits per heavy atom. The summed E-state index contributed by atoms with van der Waals surface area (Å²) >= 11 is 0. The van der Waals surface area contributed by atoms with E-state index in [0.29, 0.717) is 6.42 Å². The first-order valence-electron chi connectivity index (χ1n) is 4.66. The fourth-order valence-corrected chi connectivity index (χ4v) is 2.01. The monoisotopic (exact) mass is 191 g/mol. The van der Waals surface area contributed by atoms with Crippen molar-refractivity contribution in [1.82, 2.24) is 0 Å². The Morgan fingerprint density at radius 3 is 2.93 bits per heavy atom. The number of hydrogen-bond donors (Lipinski definition) is 1. The van der Waals surface area contributed by atoms with Crippen LogP contribution >= 0.6 is 0 Å². The third-order valence-corrected chi connectivity index (χ3v) is 2.76. The zero-order valence-corrected chi connectivity index (χ0v) is 8.12. The maximum Gasteiger partial charge on any atom is 0.309 e. The molecule has 0 bridgehead atoms. The van der Waals surface area contributed by atoms with Crippen molar-refractivity contribution in [3.8, 4) is 0 Å². The number of carbonyl (C=O) groups excluding carboxylic acids is 1. The van der Waals surface area contributed by atoms with E-state index in [0.717, 1.165) is 17.7 Å². The van der Waals surface area contributed by atoms with E-state index in [-0.39, 0.29) is 11.9 Å². The SMILES string of the molecule is COC(=O)[C@H]1Cc2cccc(N)c2C1. The quantitative estimate of drug-likeness (QED) is 0.535. The van der Waals surface area contributed by atoms with Gasteiger partial charge in [-0.3, -0.25) is 4.79 Å². The summed E-state index contributed by atoms with van der Waals surface area (Å²) in [7, 11) is 1.43. The molecule has 0 amide bonds. The lowest BCUT2D eigenvalue weighted by Crippen LogP contribution is -2.16. The number of carbonyl (C=O) groups is 1. The first-order valence-corrected chi connectivity index (χ1v) is 4.66. The molecule has 3 heteroatoms. The van der Waals surface area contributed by atoms with Gasteiger partial charge in [0.25, 0.3) is 0 Å². The average molecular weight is 191 g/mol. The number of ether oxygens (including phenoxy) is 1. The van der Waals surface area contributed by atoms with Gasteiger partial charge in [0.05, 0.1) is 13.0 Å². The van der Waals surface area contributed by atoms with Gasteiger partial charge in [-0.05, 0) is 30.0 Å². The molecule has 0 saturated carbocycles. The van der Waals surface area contributed by atoms with Gasteiger partial charge in [-0.25, -0.2) is 0 Å². The van der Waals surface area contributed by atoms with Gasteiger partial charge in [-0.1, -0.05) is 12.1 Å². The highest BCUT2D eigenvalue weighted by molar-refractivity contribution is 5.75. The Labute approximate surface area is 82.9 Å². The topological polar surface area (TPSA) is 52.3 Å². The molecule has 0 heterocycles. The van der Waals surface area contributed by atoms with Crippen LogP contribution < -0.4 is 5.73 Å². The van der Waals surface area contributed by atoms with Crippen molar-refractivity contribution in [2.75, 3.05) is 12.8 Å². The first kappa shape index (κ1) is 9.06. The van der Waals surface area contributed by atoms with Crippen molar-refractivity contribution < 1.29 is 9.53 Å². The number of nitrogen functional groups attached to an aromatic ring is 1. The second kappa shape index (κ2) is 3.33. The van der Waals surface area contributed by atoms with Gasteiger partial charge in [-0.15, -0.1) is 0 Å². The van der Waals surface area contributed by atoms with Crippen LogP contribution in [0.2, 0.25) is 0 Å². The fourth-order valence-electron chi connectivity index (χ4n) is 2.01. The third kappa shape index (κ3) is 1.35. The third-order valence-electron chi connectivity index (χ3n) is 2.76. The number of nitrogens with two attached hydrogens (primary N) is 1. The minimum absolute atomic E-state index is 0.0419. The predicted octanol–water partition coefficient (Wildman–Crippen LogP) is 1.16. The van der Waals surface area contributed by atoms with E-state index < -0.39 is 0 Å². The van der Waals surface area contributed by atoms with E-state index in [4.69, 9.17) is 10.5 Å². The summed E-state index contributed by atoms with van der Waals surface area (Å²) in [5, 5.41) is 0. The molecular weight excluding hydrogens is 178 g/mol. The summed E-state index contributed by atoms with van der Waals surface area (Å²) in [4.78, 5) is 11.3. The minimum Gasteiger partial charge on any atom is -0.469 e. The molecule has 3 nitrogen and oxygen atoms in total. The smallest absolute Gasteiger partial charge is 0.309 e. The van der Waals surface area contributed by atoms with Gasteiger partial charge in [-0.2, -0.15) is 0 Å². The van der Waals surface area contributed by atoms with Crippen LogP contribution in [-0.4, -0.2) is 13.1 Å². The second-order valence-electron chi connectivity index (χ2n) is 3.61. The van der Waals surface area contributed by atoms with Gasteiger partial charge < -0.3 is 10.5 Å². The summed E-state index contributed by atoms with van der Waals surface area (Å²) in [6.45, 7) is 0. The molecule has 1 aromatic rings. The molecule has 1 aliphatic rings. The van der Waals surface area contributed by atoms with Gasteiger partial charge in [0, 0.05) is 5.69 Å². The Balaban J connectivity index is 2.26. The standard InChI is InChI=1S/C11H13NO2/c1-14-11(13)8-5-7-3-2-4-10(12)9(7)6-8/h2-4,8H,5-6,12H2,1H3/t8-/m0/s1. The maximum atomic E-state index is 11.3. The lowest BCUT2D eigenvalue weighted by Gasteiger charge is -2.04. The molecule has 2 rings (SSSR count). The van der Waals surface area contributed by atoms with Gasteiger partial charge in [0.15, 0.2) is 0 Å². The number of hydrogen-bond acceptors (Lipinski definition) is 3. The van der Waals surface area contributed by atoms with Crippen LogP contribution in [0.25, 0.3) is 0 Å². The fraction of sp³-hybridized carbons (Fsp3) is 0.364. The van der Waals surface area contributed by atoms with Crippen molar-refractivity contribution >= 4 is 11.7 Å². The number of anilines is 1. The number of benzene rings is 1. The number of fused-ring (bicyclic) bond motifs is 1. The Morgan fingerprint density at radius 1 is 1.50 bits per heavy atom. The van der Waals surface area contributed by atoms with E-state index >= 15 is 0 Å². The largest absolute Gasteiger partial charge is 0.469 e. The lowest BCUT2D eigenvalue weighted by atomic mass is 10.1. The molecule has 0 unspecified atom stereocenters. The highest BCUT2D eigenvalue weighted by Crippen LogP contribution is 2.31. The molecule has 0 aromatic heterocycles. The van der Waals surface area contributed by atoms with Gasteiger partial charge >= 0.3 is 5.97 Å². The first-order chi connectivity index (χ1) is 6.72. The van der Waals surface area contributed by atoms with E-state index in [2.05, 4.69) is 0 Å². The predicted molar refractivity (Wildman–Crippen MR) is 53.8 cm³/mol. The summed E-state index contributed by atoms with van der Waals surface area (Å²) in [5.41, 5.74) is 8.90. The molecule has 2 N–H and O–H groups in total. The van der Waals surface area contributed by atoms with E-state index in [1.165, 1.54) is 12.7 Å². The van der Waals surface area contributed by atoms with Crippen LogP contribution in [0.1, 0.15) is 11.1 Å². The van der Waals surface area contributed by atoms with Crippen molar-refractivity contribution in [1.29, 1.82) is 0 Å². The molecular formula is C11H13NO2. The molecule has 74 valence electrons. The van der Waals surface area contributed by atoms with E-state index in [9.17, 15) is 4.79 Å². The Bertz CT molecular complexity index is 374. The Kier molecular flexibility index (Phi) is 2.15. The molecule has 14 heavy (non-hydrogen) atoms. The molecule has 0 aliphatic heterocycles. The highest BCUT2D eigenvalue weighted by Gasteiger charge is 2.28. The van der Waals surface area contributed by atoms with Crippen LogP contribution in [0.5, 0.6) is 0 Å². The minimum atomic E-state index is -0.138.